The number of hydrogen-bond donors (Lipinski definition) is 1. The summed E-state index contributed by atoms with van der Waals surface area (Å²) in [5, 5.41) is 15.7. The van der Waals surface area contributed by atoms with E-state index in [0.29, 0.717) is 17.4 Å². The molecule has 0 unspecified atom stereocenters. The minimum absolute atomic E-state index is 0.126. The Kier molecular flexibility index (Phi) is 5.94. The molecule has 5 aromatic rings. The van der Waals surface area contributed by atoms with E-state index in [0.717, 1.165) is 57.4 Å². The van der Waals surface area contributed by atoms with Crippen molar-refractivity contribution in [1.29, 1.82) is 0 Å². The summed E-state index contributed by atoms with van der Waals surface area (Å²) in [5.74, 6) is 0.547. The second kappa shape index (κ2) is 9.19. The van der Waals surface area contributed by atoms with Gasteiger partial charge in [-0.25, -0.2) is 0 Å². The minimum Gasteiger partial charge on any atom is -0.304 e. The summed E-state index contributed by atoms with van der Waals surface area (Å²) in [6.45, 7) is 4.56. The van der Waals surface area contributed by atoms with E-state index in [-0.39, 0.29) is 5.56 Å². The van der Waals surface area contributed by atoms with E-state index >= 15 is 0 Å². The quantitative estimate of drug-likeness (QED) is 0.374. The van der Waals surface area contributed by atoms with Crippen molar-refractivity contribution in [2.75, 3.05) is 0 Å². The van der Waals surface area contributed by atoms with E-state index in [4.69, 9.17) is 16.6 Å². The first kappa shape index (κ1) is 22.0. The lowest BCUT2D eigenvalue weighted by molar-refractivity contribution is 0.790. The first-order valence-corrected chi connectivity index (χ1v) is 11.6. The van der Waals surface area contributed by atoms with Crippen molar-refractivity contribution in [2.45, 2.75) is 33.2 Å². The Hall–Kier alpha value is -3.84. The van der Waals surface area contributed by atoms with Crippen molar-refractivity contribution in [3.05, 3.63) is 93.0 Å². The van der Waals surface area contributed by atoms with Crippen molar-refractivity contribution in [3.63, 3.8) is 0 Å². The minimum atomic E-state index is -0.126. The molecule has 0 saturated carbocycles. The molecule has 1 N–H and O–H groups in total. The van der Waals surface area contributed by atoms with Gasteiger partial charge in [0, 0.05) is 22.7 Å². The molecule has 2 aromatic carbocycles. The smallest absolute Gasteiger partial charge is 0.252 e. The molecule has 3 aromatic heterocycles. The molecule has 0 saturated heterocycles. The molecule has 5 rings (SSSR count). The monoisotopic (exact) mass is 470 g/mol. The molecule has 0 amide bonds. The number of aromatic amines is 1. The van der Waals surface area contributed by atoms with Crippen molar-refractivity contribution < 1.29 is 0 Å². The van der Waals surface area contributed by atoms with E-state index in [2.05, 4.69) is 34.5 Å². The fourth-order valence-corrected chi connectivity index (χ4v) is 4.57. The van der Waals surface area contributed by atoms with Crippen LogP contribution in [0.4, 0.5) is 0 Å². The fourth-order valence-electron chi connectivity index (χ4n) is 4.27. The highest BCUT2D eigenvalue weighted by Gasteiger charge is 2.15. The third kappa shape index (κ3) is 3.99. The first-order chi connectivity index (χ1) is 16.6. The molecule has 7 nitrogen and oxygen atoms in total. The van der Waals surface area contributed by atoms with Crippen molar-refractivity contribution in [2.24, 2.45) is 0 Å². The highest BCUT2D eigenvalue weighted by Crippen LogP contribution is 2.30. The lowest BCUT2D eigenvalue weighted by Gasteiger charge is -2.15. The predicted molar refractivity (Wildman–Crippen MR) is 134 cm³/mol. The largest absolute Gasteiger partial charge is 0.304 e. The number of nitrogens with zero attached hydrogens (tertiary/aromatic N) is 5. The van der Waals surface area contributed by atoms with Crippen LogP contribution in [-0.2, 0) is 19.4 Å². The number of rotatable bonds is 6. The van der Waals surface area contributed by atoms with Gasteiger partial charge < -0.3 is 4.57 Å². The number of hydrogen-bond acceptors (Lipinski definition) is 5. The number of benzene rings is 2. The van der Waals surface area contributed by atoms with Gasteiger partial charge in [-0.15, -0.1) is 10.2 Å². The van der Waals surface area contributed by atoms with E-state index in [9.17, 15) is 4.79 Å². The Labute approximate surface area is 201 Å². The Morgan fingerprint density at radius 1 is 0.971 bits per heavy atom. The molecule has 170 valence electrons. The van der Waals surface area contributed by atoms with Crippen molar-refractivity contribution >= 4 is 22.5 Å². The fraction of sp³-hybridized carbons (Fsp3) is 0.192. The van der Waals surface area contributed by atoms with Crippen LogP contribution in [0, 0.1) is 0 Å². The number of fused-ring (bicyclic) bond motifs is 1. The van der Waals surface area contributed by atoms with Gasteiger partial charge in [0.15, 0.2) is 0 Å². The van der Waals surface area contributed by atoms with E-state index in [1.165, 1.54) is 6.07 Å². The molecule has 0 spiro atoms. The normalized spacial score (nSPS) is 11.3. The summed E-state index contributed by atoms with van der Waals surface area (Å²) in [7, 11) is 0. The molecule has 0 fully saturated rings. The summed E-state index contributed by atoms with van der Waals surface area (Å²) in [4.78, 5) is 17.7. The maximum absolute atomic E-state index is 13.0. The second-order valence-electron chi connectivity index (χ2n) is 8.06. The molecule has 3 heterocycles. The van der Waals surface area contributed by atoms with Crippen LogP contribution in [0.25, 0.3) is 33.4 Å². The zero-order chi connectivity index (χ0) is 23.7. The van der Waals surface area contributed by atoms with Crippen LogP contribution >= 0.6 is 11.6 Å². The maximum atomic E-state index is 13.0. The first-order valence-electron chi connectivity index (χ1n) is 11.2. The molecule has 0 aliphatic carbocycles. The molecule has 34 heavy (non-hydrogen) atoms. The number of aromatic nitrogens is 6. The highest BCUT2D eigenvalue weighted by molar-refractivity contribution is 6.35. The van der Waals surface area contributed by atoms with E-state index in [1.807, 2.05) is 54.6 Å². The molecular weight excluding hydrogens is 448 g/mol. The molecule has 8 heteroatoms. The lowest BCUT2D eigenvalue weighted by atomic mass is 9.98. The number of pyridine rings is 2. The van der Waals surface area contributed by atoms with Crippen LogP contribution in [0.2, 0.25) is 5.02 Å². The summed E-state index contributed by atoms with van der Waals surface area (Å²) < 4.78 is 1.78. The summed E-state index contributed by atoms with van der Waals surface area (Å²) >= 11 is 6.49. The van der Waals surface area contributed by atoms with Crippen LogP contribution in [0.5, 0.6) is 0 Å². The van der Waals surface area contributed by atoms with Crippen LogP contribution in [-0.4, -0.2) is 30.2 Å². The van der Waals surface area contributed by atoms with Gasteiger partial charge in [-0.2, -0.15) is 5.21 Å². The molecule has 0 bridgehead atoms. The van der Waals surface area contributed by atoms with Gasteiger partial charge in [0.1, 0.15) is 0 Å². The highest BCUT2D eigenvalue weighted by atomic mass is 35.5. The molecular formula is C26H23ClN6O. The van der Waals surface area contributed by atoms with E-state index < -0.39 is 0 Å². The molecule has 0 aliphatic heterocycles. The molecule has 0 aliphatic rings. The van der Waals surface area contributed by atoms with Gasteiger partial charge in [0.2, 0.25) is 5.82 Å². The van der Waals surface area contributed by atoms with Gasteiger partial charge >= 0.3 is 0 Å². The van der Waals surface area contributed by atoms with Gasteiger partial charge in [0.05, 0.1) is 22.8 Å². The summed E-state index contributed by atoms with van der Waals surface area (Å²) in [6.07, 6.45) is 1.54. The molecule has 0 radical (unpaired) electrons. The number of nitrogens with one attached hydrogen (secondary N) is 1. The second-order valence-corrected chi connectivity index (χ2v) is 8.46. The lowest BCUT2D eigenvalue weighted by Crippen LogP contribution is -2.21. The standard InChI is InChI=1S/C26H23ClN6O/c1-3-18-13-23-25(22(4-2)28-18)21(27)14-24(34)33(23)15-16-9-11-17(12-10-16)19-7-5-6-8-20(19)26-29-31-32-30-26/h5-14H,3-4,15H2,1-2H3,(H,29,30,31,32). The van der Waals surface area contributed by atoms with Gasteiger partial charge in [-0.05, 0) is 40.8 Å². The zero-order valence-electron chi connectivity index (χ0n) is 18.9. The van der Waals surface area contributed by atoms with Crippen molar-refractivity contribution in [1.82, 2.24) is 30.2 Å². The number of halogens is 1. The maximum Gasteiger partial charge on any atom is 0.252 e. The van der Waals surface area contributed by atoms with E-state index in [1.54, 1.807) is 4.57 Å². The van der Waals surface area contributed by atoms with Crippen LogP contribution in [0.1, 0.15) is 30.8 Å². The summed E-state index contributed by atoms with van der Waals surface area (Å²) in [6, 6.07) is 19.6. The third-order valence-corrected chi connectivity index (χ3v) is 6.29. The Balaban J connectivity index is 1.55. The van der Waals surface area contributed by atoms with Gasteiger partial charge in [-0.1, -0.05) is 74.0 Å². The molecule has 0 atom stereocenters. The Bertz CT molecular complexity index is 1520. The predicted octanol–water partition coefficient (Wildman–Crippen LogP) is 5.07. The number of aryl methyl sites for hydroxylation is 2. The Morgan fingerprint density at radius 3 is 2.41 bits per heavy atom. The summed E-state index contributed by atoms with van der Waals surface area (Å²) in [5.41, 5.74) is 6.52. The van der Waals surface area contributed by atoms with Crippen LogP contribution < -0.4 is 5.56 Å². The van der Waals surface area contributed by atoms with Crippen LogP contribution in [0.15, 0.2) is 65.5 Å². The van der Waals surface area contributed by atoms with Gasteiger partial charge in [-0.3, -0.25) is 9.78 Å². The van der Waals surface area contributed by atoms with Gasteiger partial charge in [0.25, 0.3) is 5.56 Å². The zero-order valence-corrected chi connectivity index (χ0v) is 19.7. The SMILES string of the molecule is CCc1cc2c(c(Cl)cc(=O)n2Cc2ccc(-c3ccccc3-c3nn[nH]n3)cc2)c(CC)n1. The Morgan fingerprint density at radius 2 is 1.74 bits per heavy atom. The average Bonchev–Trinajstić information content (AvgIpc) is 3.41. The average molecular weight is 471 g/mol. The van der Waals surface area contributed by atoms with Crippen molar-refractivity contribution in [3.8, 4) is 22.5 Å². The third-order valence-electron chi connectivity index (χ3n) is 5.99. The topological polar surface area (TPSA) is 89.4 Å². The number of H-pyrrole nitrogens is 1. The van der Waals surface area contributed by atoms with Crippen LogP contribution in [0.3, 0.4) is 0 Å². The number of tetrazole rings is 1.